The second-order valence-electron chi connectivity index (χ2n) is 6.27. The Hall–Kier alpha value is -0.120. The first kappa shape index (κ1) is 10.1. The molecule has 2 atom stereocenters. The minimum Gasteiger partial charge on any atom is -0.375 e. The monoisotopic (exact) mass is 210 g/mol. The molecule has 3 heterocycles. The number of hydrogen-bond donors (Lipinski definition) is 0. The zero-order valence-electron chi connectivity index (χ0n) is 10.1. The molecule has 15 heavy (non-hydrogen) atoms. The molecule has 0 saturated carbocycles. The molecule has 2 bridgehead atoms. The van der Waals surface area contributed by atoms with Crippen molar-refractivity contribution < 1.29 is 4.74 Å². The Bertz CT molecular complexity index is 255. The Morgan fingerprint density at radius 2 is 1.80 bits per heavy atom. The van der Waals surface area contributed by atoms with Gasteiger partial charge in [-0.3, -0.25) is 9.80 Å². The van der Waals surface area contributed by atoms with Crippen molar-refractivity contribution in [1.29, 1.82) is 0 Å². The Labute approximate surface area is 92.4 Å². The van der Waals surface area contributed by atoms with Gasteiger partial charge in [-0.15, -0.1) is 0 Å². The Kier molecular flexibility index (Phi) is 2.14. The molecule has 0 aliphatic carbocycles. The largest absolute Gasteiger partial charge is 0.375 e. The van der Waals surface area contributed by atoms with Gasteiger partial charge in [-0.2, -0.15) is 0 Å². The van der Waals surface area contributed by atoms with Crippen molar-refractivity contribution in [1.82, 2.24) is 9.80 Å². The molecule has 0 spiro atoms. The highest BCUT2D eigenvalue weighted by Crippen LogP contribution is 2.34. The van der Waals surface area contributed by atoms with Gasteiger partial charge >= 0.3 is 0 Å². The van der Waals surface area contributed by atoms with E-state index in [1.165, 1.54) is 26.1 Å². The van der Waals surface area contributed by atoms with Gasteiger partial charge in [0.25, 0.3) is 0 Å². The van der Waals surface area contributed by atoms with Gasteiger partial charge in [0.15, 0.2) is 0 Å². The number of morpholine rings is 1. The first-order chi connectivity index (χ1) is 7.04. The van der Waals surface area contributed by atoms with Crippen LogP contribution in [-0.4, -0.2) is 59.8 Å². The molecule has 3 saturated heterocycles. The van der Waals surface area contributed by atoms with Gasteiger partial charge in [-0.1, -0.05) is 0 Å². The average Bonchev–Trinajstić information content (AvgIpc) is 2.58. The van der Waals surface area contributed by atoms with Crippen molar-refractivity contribution >= 4 is 0 Å². The summed E-state index contributed by atoms with van der Waals surface area (Å²) in [5.41, 5.74) is 0.353. The van der Waals surface area contributed by atoms with Gasteiger partial charge in [0.2, 0.25) is 0 Å². The Morgan fingerprint density at radius 1 is 1.07 bits per heavy atom. The first-order valence-electron chi connectivity index (χ1n) is 6.16. The maximum absolute atomic E-state index is 5.64. The van der Waals surface area contributed by atoms with E-state index < -0.39 is 0 Å². The van der Waals surface area contributed by atoms with Crippen LogP contribution in [0.25, 0.3) is 0 Å². The summed E-state index contributed by atoms with van der Waals surface area (Å²) in [5.74, 6) is 0. The van der Waals surface area contributed by atoms with Gasteiger partial charge in [0.1, 0.15) is 0 Å². The normalized spacial score (nSPS) is 38.6. The summed E-state index contributed by atoms with van der Waals surface area (Å²) >= 11 is 0. The van der Waals surface area contributed by atoms with Gasteiger partial charge in [-0.05, 0) is 27.2 Å². The van der Waals surface area contributed by atoms with E-state index in [-0.39, 0.29) is 0 Å². The molecule has 0 N–H and O–H groups in total. The second-order valence-corrected chi connectivity index (χ2v) is 6.27. The lowest BCUT2D eigenvalue weighted by atomic mass is 9.96. The van der Waals surface area contributed by atoms with Crippen LogP contribution in [-0.2, 0) is 4.74 Å². The number of ether oxygens (including phenoxy) is 1. The highest BCUT2D eigenvalue weighted by atomic mass is 16.5. The molecular formula is C12H22N2O. The third-order valence-corrected chi connectivity index (χ3v) is 4.22. The van der Waals surface area contributed by atoms with E-state index in [0.717, 1.165) is 18.7 Å². The molecule has 0 amide bonds. The van der Waals surface area contributed by atoms with Crippen molar-refractivity contribution in [2.45, 2.75) is 50.9 Å². The van der Waals surface area contributed by atoms with E-state index in [9.17, 15) is 0 Å². The third-order valence-electron chi connectivity index (χ3n) is 4.22. The summed E-state index contributed by atoms with van der Waals surface area (Å²) in [6.07, 6.45) is 1.84. The number of likely N-dealkylation sites (tertiary alicyclic amines) is 2. The van der Waals surface area contributed by atoms with Gasteiger partial charge < -0.3 is 4.74 Å². The molecule has 3 nitrogen and oxygen atoms in total. The SMILES string of the molecule is CC(C)(C)N1CC(N2C[C@@H]3C[C@H]2CO3)C1. The molecule has 0 radical (unpaired) electrons. The topological polar surface area (TPSA) is 15.7 Å². The van der Waals surface area contributed by atoms with E-state index >= 15 is 0 Å². The maximum atomic E-state index is 5.64. The van der Waals surface area contributed by atoms with Crippen LogP contribution < -0.4 is 0 Å². The van der Waals surface area contributed by atoms with Crippen LogP contribution in [0.15, 0.2) is 0 Å². The molecule has 0 unspecified atom stereocenters. The van der Waals surface area contributed by atoms with E-state index in [0.29, 0.717) is 11.6 Å². The predicted octanol–water partition coefficient (Wildman–Crippen LogP) is 0.942. The molecule has 0 aromatic carbocycles. The Morgan fingerprint density at radius 3 is 2.27 bits per heavy atom. The molecule has 86 valence electrons. The Balaban J connectivity index is 1.56. The lowest BCUT2D eigenvalue weighted by molar-refractivity contribution is -0.0615. The first-order valence-corrected chi connectivity index (χ1v) is 6.16. The van der Waals surface area contributed by atoms with Crippen LogP contribution in [0.5, 0.6) is 0 Å². The van der Waals surface area contributed by atoms with E-state index in [1.807, 2.05) is 0 Å². The number of nitrogens with zero attached hydrogens (tertiary/aromatic N) is 2. The lowest BCUT2D eigenvalue weighted by Gasteiger charge is -2.52. The molecule has 3 fully saturated rings. The van der Waals surface area contributed by atoms with Crippen LogP contribution in [0.2, 0.25) is 0 Å². The molecule has 3 aliphatic rings. The van der Waals surface area contributed by atoms with E-state index in [1.54, 1.807) is 0 Å². The highest BCUT2D eigenvalue weighted by molar-refractivity contribution is 5.01. The van der Waals surface area contributed by atoms with Gasteiger partial charge in [0.05, 0.1) is 12.7 Å². The third kappa shape index (κ3) is 1.61. The van der Waals surface area contributed by atoms with E-state index in [4.69, 9.17) is 4.74 Å². The second kappa shape index (κ2) is 3.19. The van der Waals surface area contributed by atoms with Crippen molar-refractivity contribution in [3.63, 3.8) is 0 Å². The van der Waals surface area contributed by atoms with Crippen LogP contribution in [0.3, 0.4) is 0 Å². The van der Waals surface area contributed by atoms with Gasteiger partial charge in [-0.25, -0.2) is 0 Å². The standard InChI is InChI=1S/C12H22N2O/c1-12(2,3)13-5-10(6-13)14-7-11-4-9(14)8-15-11/h9-11H,4-8H2,1-3H3/t9-,11-/m0/s1. The van der Waals surface area contributed by atoms with E-state index in [2.05, 4.69) is 30.6 Å². The summed E-state index contributed by atoms with van der Waals surface area (Å²) in [7, 11) is 0. The smallest absolute Gasteiger partial charge is 0.0718 e. The predicted molar refractivity (Wildman–Crippen MR) is 60.0 cm³/mol. The molecule has 0 aromatic rings. The fourth-order valence-electron chi connectivity index (χ4n) is 3.09. The molecular weight excluding hydrogens is 188 g/mol. The number of fused-ring (bicyclic) bond motifs is 2. The average molecular weight is 210 g/mol. The molecule has 0 aromatic heterocycles. The zero-order chi connectivity index (χ0) is 10.6. The fraction of sp³-hybridized carbons (Fsp3) is 1.00. The summed E-state index contributed by atoms with van der Waals surface area (Å²) in [5, 5.41) is 0. The summed E-state index contributed by atoms with van der Waals surface area (Å²) in [6, 6.07) is 1.55. The minimum atomic E-state index is 0.353. The van der Waals surface area contributed by atoms with Crippen LogP contribution >= 0.6 is 0 Å². The molecule has 3 rings (SSSR count). The summed E-state index contributed by atoms with van der Waals surface area (Å²) < 4.78 is 5.64. The molecule has 3 heteroatoms. The van der Waals surface area contributed by atoms with Crippen molar-refractivity contribution in [2.24, 2.45) is 0 Å². The van der Waals surface area contributed by atoms with Gasteiger partial charge in [0, 0.05) is 37.3 Å². The van der Waals surface area contributed by atoms with Crippen molar-refractivity contribution in [2.75, 3.05) is 26.2 Å². The number of hydrogen-bond acceptors (Lipinski definition) is 3. The maximum Gasteiger partial charge on any atom is 0.0718 e. The minimum absolute atomic E-state index is 0.353. The van der Waals surface area contributed by atoms with Crippen LogP contribution in [0.4, 0.5) is 0 Å². The van der Waals surface area contributed by atoms with Crippen molar-refractivity contribution in [3.05, 3.63) is 0 Å². The van der Waals surface area contributed by atoms with Crippen molar-refractivity contribution in [3.8, 4) is 0 Å². The van der Waals surface area contributed by atoms with Crippen LogP contribution in [0.1, 0.15) is 27.2 Å². The fourth-order valence-corrected chi connectivity index (χ4v) is 3.09. The lowest BCUT2D eigenvalue weighted by Crippen LogP contribution is -2.66. The quantitative estimate of drug-likeness (QED) is 0.640. The summed E-state index contributed by atoms with van der Waals surface area (Å²) in [4.78, 5) is 5.26. The summed E-state index contributed by atoms with van der Waals surface area (Å²) in [6.45, 7) is 11.6. The van der Waals surface area contributed by atoms with Crippen LogP contribution in [0, 0.1) is 0 Å². The molecule has 3 aliphatic heterocycles. The zero-order valence-corrected chi connectivity index (χ0v) is 10.1. The highest BCUT2D eigenvalue weighted by Gasteiger charge is 2.46. The number of rotatable bonds is 1.